The fourth-order valence-electron chi connectivity index (χ4n) is 1.89. The van der Waals surface area contributed by atoms with Gasteiger partial charge in [0.25, 0.3) is 0 Å². The van der Waals surface area contributed by atoms with Crippen molar-refractivity contribution < 1.29 is 4.74 Å². The summed E-state index contributed by atoms with van der Waals surface area (Å²) in [6, 6.07) is 0.796. The average Bonchev–Trinajstić information content (AvgIpc) is 2.54. The molecular formula is C12H25NO. The Morgan fingerprint density at radius 1 is 1.21 bits per heavy atom. The lowest BCUT2D eigenvalue weighted by atomic mass is 10.2. The molecule has 1 aliphatic carbocycles. The van der Waals surface area contributed by atoms with Gasteiger partial charge in [-0.15, -0.1) is 0 Å². The fraction of sp³-hybridized carbons (Fsp3) is 1.00. The van der Waals surface area contributed by atoms with Crippen LogP contribution >= 0.6 is 0 Å². The van der Waals surface area contributed by atoms with Crippen molar-refractivity contribution in [3.63, 3.8) is 0 Å². The Morgan fingerprint density at radius 3 is 2.43 bits per heavy atom. The van der Waals surface area contributed by atoms with E-state index in [0.29, 0.717) is 0 Å². The van der Waals surface area contributed by atoms with Gasteiger partial charge in [-0.05, 0) is 46.6 Å². The van der Waals surface area contributed by atoms with Crippen LogP contribution in [0.1, 0.15) is 52.9 Å². The van der Waals surface area contributed by atoms with Crippen LogP contribution in [0.4, 0.5) is 0 Å². The van der Waals surface area contributed by atoms with Crippen molar-refractivity contribution in [2.45, 2.75) is 64.5 Å². The molecule has 1 saturated carbocycles. The average molecular weight is 199 g/mol. The lowest BCUT2D eigenvalue weighted by molar-refractivity contribution is -0.00394. The summed E-state index contributed by atoms with van der Waals surface area (Å²) in [6.07, 6.45) is 6.71. The molecule has 0 aromatic carbocycles. The SMILES string of the molecule is CC(C)(C)OCCCNC1CCCC1. The summed E-state index contributed by atoms with van der Waals surface area (Å²) in [5.74, 6) is 0. The van der Waals surface area contributed by atoms with E-state index in [1.807, 2.05) is 0 Å². The first-order chi connectivity index (χ1) is 6.58. The number of ether oxygens (including phenoxy) is 1. The molecule has 1 fully saturated rings. The monoisotopic (exact) mass is 199 g/mol. The van der Waals surface area contributed by atoms with Gasteiger partial charge in [-0.2, -0.15) is 0 Å². The quantitative estimate of drug-likeness (QED) is 0.687. The Kier molecular flexibility index (Phi) is 4.90. The van der Waals surface area contributed by atoms with Crippen LogP contribution in [-0.4, -0.2) is 24.8 Å². The molecule has 0 aromatic heterocycles. The number of nitrogens with one attached hydrogen (secondary N) is 1. The van der Waals surface area contributed by atoms with Gasteiger partial charge in [-0.25, -0.2) is 0 Å². The van der Waals surface area contributed by atoms with Crippen LogP contribution in [-0.2, 0) is 4.74 Å². The van der Waals surface area contributed by atoms with E-state index in [1.165, 1.54) is 25.7 Å². The number of hydrogen-bond donors (Lipinski definition) is 1. The van der Waals surface area contributed by atoms with Gasteiger partial charge in [0.05, 0.1) is 5.60 Å². The molecule has 1 aliphatic rings. The van der Waals surface area contributed by atoms with Crippen LogP contribution < -0.4 is 5.32 Å². The minimum Gasteiger partial charge on any atom is -0.376 e. The maximum Gasteiger partial charge on any atom is 0.0598 e. The van der Waals surface area contributed by atoms with Crippen LogP contribution in [0.25, 0.3) is 0 Å². The maximum atomic E-state index is 5.65. The molecule has 0 heterocycles. The van der Waals surface area contributed by atoms with Crippen LogP contribution in [0.2, 0.25) is 0 Å². The third kappa shape index (κ3) is 5.61. The van der Waals surface area contributed by atoms with Gasteiger partial charge < -0.3 is 10.1 Å². The van der Waals surface area contributed by atoms with E-state index in [1.54, 1.807) is 0 Å². The highest BCUT2D eigenvalue weighted by Crippen LogP contribution is 2.17. The fourth-order valence-corrected chi connectivity index (χ4v) is 1.89. The van der Waals surface area contributed by atoms with Crippen molar-refractivity contribution >= 4 is 0 Å². The Hall–Kier alpha value is -0.0800. The highest BCUT2D eigenvalue weighted by Gasteiger charge is 2.13. The Bertz CT molecular complexity index is 145. The first kappa shape index (κ1) is 12.0. The lowest BCUT2D eigenvalue weighted by Gasteiger charge is -2.20. The second-order valence-corrected chi connectivity index (χ2v) is 5.25. The van der Waals surface area contributed by atoms with E-state index in [9.17, 15) is 0 Å². The van der Waals surface area contributed by atoms with Crippen molar-refractivity contribution in [3.8, 4) is 0 Å². The zero-order valence-electron chi connectivity index (χ0n) is 9.94. The first-order valence-electron chi connectivity index (χ1n) is 5.95. The molecule has 0 amide bonds. The third-order valence-corrected chi connectivity index (χ3v) is 2.64. The molecule has 0 unspecified atom stereocenters. The van der Waals surface area contributed by atoms with Crippen LogP contribution in [0.15, 0.2) is 0 Å². The largest absolute Gasteiger partial charge is 0.376 e. The molecule has 0 aliphatic heterocycles. The van der Waals surface area contributed by atoms with Gasteiger partial charge in [-0.3, -0.25) is 0 Å². The predicted molar refractivity (Wildman–Crippen MR) is 60.6 cm³/mol. The van der Waals surface area contributed by atoms with Gasteiger partial charge in [0, 0.05) is 12.6 Å². The topological polar surface area (TPSA) is 21.3 Å². The van der Waals surface area contributed by atoms with E-state index in [-0.39, 0.29) is 5.60 Å². The van der Waals surface area contributed by atoms with Gasteiger partial charge in [0.15, 0.2) is 0 Å². The summed E-state index contributed by atoms with van der Waals surface area (Å²) >= 11 is 0. The van der Waals surface area contributed by atoms with Crippen LogP contribution in [0.3, 0.4) is 0 Å². The predicted octanol–water partition coefficient (Wildman–Crippen LogP) is 2.72. The summed E-state index contributed by atoms with van der Waals surface area (Å²) in [4.78, 5) is 0. The molecule has 84 valence electrons. The second kappa shape index (κ2) is 5.72. The second-order valence-electron chi connectivity index (χ2n) is 5.25. The van der Waals surface area contributed by atoms with Crippen molar-refractivity contribution in [1.29, 1.82) is 0 Å². The normalized spacial score (nSPS) is 19.1. The minimum absolute atomic E-state index is 0.0212. The molecule has 0 aromatic rings. The molecule has 2 heteroatoms. The molecule has 0 radical (unpaired) electrons. The standard InChI is InChI=1S/C12H25NO/c1-12(2,3)14-10-6-9-13-11-7-4-5-8-11/h11,13H,4-10H2,1-3H3. The molecule has 1 rings (SSSR count). The van der Waals surface area contributed by atoms with Crippen LogP contribution in [0.5, 0.6) is 0 Å². The van der Waals surface area contributed by atoms with Crippen molar-refractivity contribution in [2.24, 2.45) is 0 Å². The van der Waals surface area contributed by atoms with E-state index >= 15 is 0 Å². The lowest BCUT2D eigenvalue weighted by Crippen LogP contribution is -2.28. The smallest absolute Gasteiger partial charge is 0.0598 e. The Balaban J connectivity index is 1.89. The molecule has 0 spiro atoms. The molecule has 2 nitrogen and oxygen atoms in total. The molecule has 14 heavy (non-hydrogen) atoms. The van der Waals surface area contributed by atoms with Gasteiger partial charge in [0.1, 0.15) is 0 Å². The molecule has 1 N–H and O–H groups in total. The number of hydrogen-bond acceptors (Lipinski definition) is 2. The summed E-state index contributed by atoms with van der Waals surface area (Å²) in [6.45, 7) is 8.32. The van der Waals surface area contributed by atoms with Crippen LogP contribution in [0, 0.1) is 0 Å². The summed E-state index contributed by atoms with van der Waals surface area (Å²) in [7, 11) is 0. The van der Waals surface area contributed by atoms with E-state index in [2.05, 4.69) is 26.1 Å². The van der Waals surface area contributed by atoms with E-state index in [4.69, 9.17) is 4.74 Å². The van der Waals surface area contributed by atoms with E-state index in [0.717, 1.165) is 25.6 Å². The molecule has 0 atom stereocenters. The molecule has 0 bridgehead atoms. The van der Waals surface area contributed by atoms with E-state index < -0.39 is 0 Å². The van der Waals surface area contributed by atoms with Crippen molar-refractivity contribution in [3.05, 3.63) is 0 Å². The third-order valence-electron chi connectivity index (χ3n) is 2.64. The summed E-state index contributed by atoms with van der Waals surface area (Å²) < 4.78 is 5.65. The zero-order chi connectivity index (χ0) is 10.4. The molecular weight excluding hydrogens is 174 g/mol. The maximum absolute atomic E-state index is 5.65. The summed E-state index contributed by atoms with van der Waals surface area (Å²) in [5, 5.41) is 3.59. The zero-order valence-corrected chi connectivity index (χ0v) is 9.94. The van der Waals surface area contributed by atoms with Gasteiger partial charge in [-0.1, -0.05) is 12.8 Å². The Morgan fingerprint density at radius 2 is 1.86 bits per heavy atom. The van der Waals surface area contributed by atoms with Crippen molar-refractivity contribution in [1.82, 2.24) is 5.32 Å². The Labute approximate surface area is 88.4 Å². The highest BCUT2D eigenvalue weighted by molar-refractivity contribution is 4.73. The number of rotatable bonds is 5. The highest BCUT2D eigenvalue weighted by atomic mass is 16.5. The molecule has 0 saturated heterocycles. The minimum atomic E-state index is 0.0212. The summed E-state index contributed by atoms with van der Waals surface area (Å²) in [5.41, 5.74) is 0.0212. The first-order valence-corrected chi connectivity index (χ1v) is 5.95. The van der Waals surface area contributed by atoms with Crippen molar-refractivity contribution in [2.75, 3.05) is 13.2 Å². The van der Waals surface area contributed by atoms with Gasteiger partial charge in [0.2, 0.25) is 0 Å². The van der Waals surface area contributed by atoms with Gasteiger partial charge >= 0.3 is 0 Å².